The Bertz CT molecular complexity index is 695. The van der Waals surface area contributed by atoms with E-state index in [0.29, 0.717) is 0 Å². The van der Waals surface area contributed by atoms with Gasteiger partial charge < -0.3 is 30.1 Å². The molecule has 6 nitrogen and oxygen atoms in total. The van der Waals surface area contributed by atoms with Crippen molar-refractivity contribution in [3.63, 3.8) is 0 Å². The normalized spacial score (nSPS) is 9.83. The number of para-hydroxylation sites is 1. The van der Waals surface area contributed by atoms with E-state index < -0.39 is 0 Å². The molecule has 9 heteroatoms. The van der Waals surface area contributed by atoms with Gasteiger partial charge in [-0.25, -0.2) is 0 Å². The molecular formula is C15H16Cl2N6S-2. The summed E-state index contributed by atoms with van der Waals surface area (Å²) < 4.78 is 1.76. The van der Waals surface area contributed by atoms with Crippen LogP contribution in [0.5, 0.6) is 0 Å². The summed E-state index contributed by atoms with van der Waals surface area (Å²) in [5.74, 6) is 0.896. The second-order valence-electron chi connectivity index (χ2n) is 4.60. The van der Waals surface area contributed by atoms with E-state index in [2.05, 4.69) is 31.9 Å². The van der Waals surface area contributed by atoms with Crippen LogP contribution in [0.25, 0.3) is 5.69 Å². The Morgan fingerprint density at radius 3 is 2.62 bits per heavy atom. The fourth-order valence-electron chi connectivity index (χ4n) is 1.95. The van der Waals surface area contributed by atoms with E-state index in [1.54, 1.807) is 22.6 Å². The molecule has 0 atom stereocenters. The fraction of sp³-hybridized carbons (Fsp3) is 0.200. The van der Waals surface area contributed by atoms with E-state index in [1.807, 2.05) is 42.6 Å². The molecule has 0 aliphatic carbocycles. The van der Waals surface area contributed by atoms with Gasteiger partial charge in [0, 0.05) is 31.2 Å². The van der Waals surface area contributed by atoms with Crippen molar-refractivity contribution in [2.24, 2.45) is 0 Å². The number of rotatable bonds is 7. The zero-order valence-electron chi connectivity index (χ0n) is 12.7. The second kappa shape index (κ2) is 11.0. The number of hydrogen-bond acceptors (Lipinski definition) is 6. The molecule has 0 aliphatic heterocycles. The van der Waals surface area contributed by atoms with Crippen LogP contribution in [-0.2, 0) is 6.54 Å². The van der Waals surface area contributed by atoms with Crippen LogP contribution in [0.2, 0.25) is 0 Å². The molecule has 128 valence electrons. The van der Waals surface area contributed by atoms with E-state index >= 15 is 0 Å². The number of hydrogen-bond donors (Lipinski definition) is 1. The second-order valence-corrected chi connectivity index (χ2v) is 5.66. The molecule has 0 unspecified atom stereocenters. The summed E-state index contributed by atoms with van der Waals surface area (Å²) in [6.07, 6.45) is 3.65. The molecule has 0 saturated heterocycles. The van der Waals surface area contributed by atoms with Gasteiger partial charge in [-0.15, -0.1) is 5.10 Å². The van der Waals surface area contributed by atoms with Gasteiger partial charge in [-0.1, -0.05) is 36.0 Å². The number of benzene rings is 1. The van der Waals surface area contributed by atoms with Crippen LogP contribution >= 0.6 is 11.8 Å². The van der Waals surface area contributed by atoms with E-state index in [-0.39, 0.29) is 24.8 Å². The first-order chi connectivity index (χ1) is 10.9. The molecule has 2 heterocycles. The first kappa shape index (κ1) is 20.4. The molecule has 0 fully saturated rings. The van der Waals surface area contributed by atoms with Crippen molar-refractivity contribution in [3.8, 4) is 5.69 Å². The van der Waals surface area contributed by atoms with Crippen LogP contribution in [0.15, 0.2) is 60.0 Å². The molecule has 0 saturated carbocycles. The molecular weight excluding hydrogens is 367 g/mol. The smallest absolute Gasteiger partial charge is 0.214 e. The van der Waals surface area contributed by atoms with Crippen molar-refractivity contribution < 1.29 is 24.8 Å². The highest BCUT2D eigenvalue weighted by Crippen LogP contribution is 2.17. The van der Waals surface area contributed by atoms with Crippen molar-refractivity contribution in [2.75, 3.05) is 12.3 Å². The van der Waals surface area contributed by atoms with Gasteiger partial charge in [-0.05, 0) is 34.2 Å². The van der Waals surface area contributed by atoms with Gasteiger partial charge in [-0.3, -0.25) is 4.98 Å². The van der Waals surface area contributed by atoms with Crippen LogP contribution in [0.4, 0.5) is 0 Å². The Labute approximate surface area is 157 Å². The van der Waals surface area contributed by atoms with Gasteiger partial charge in [-0.2, -0.15) is 4.68 Å². The Morgan fingerprint density at radius 2 is 1.88 bits per heavy atom. The predicted molar refractivity (Wildman–Crippen MR) is 85.8 cm³/mol. The number of nitrogens with zero attached hydrogens (tertiary/aromatic N) is 5. The topological polar surface area (TPSA) is 68.5 Å². The van der Waals surface area contributed by atoms with Crippen molar-refractivity contribution in [1.29, 1.82) is 0 Å². The molecule has 0 spiro atoms. The maximum absolute atomic E-state index is 4.09. The van der Waals surface area contributed by atoms with E-state index in [4.69, 9.17) is 0 Å². The average Bonchev–Trinajstić information content (AvgIpc) is 3.05. The summed E-state index contributed by atoms with van der Waals surface area (Å²) in [6, 6.07) is 13.9. The van der Waals surface area contributed by atoms with Crippen molar-refractivity contribution in [1.82, 2.24) is 30.5 Å². The van der Waals surface area contributed by atoms with Crippen LogP contribution in [0.3, 0.4) is 0 Å². The van der Waals surface area contributed by atoms with Crippen molar-refractivity contribution in [2.45, 2.75) is 11.7 Å². The zero-order valence-corrected chi connectivity index (χ0v) is 15.0. The minimum Gasteiger partial charge on any atom is -1.00 e. The molecule has 0 aliphatic rings. The van der Waals surface area contributed by atoms with Gasteiger partial charge in [0.15, 0.2) is 0 Å². The van der Waals surface area contributed by atoms with Crippen LogP contribution < -0.4 is 30.1 Å². The Balaban J connectivity index is 0.00000144. The van der Waals surface area contributed by atoms with Gasteiger partial charge in [0.2, 0.25) is 5.16 Å². The molecule has 1 aromatic carbocycles. The molecule has 3 rings (SSSR count). The van der Waals surface area contributed by atoms with Crippen LogP contribution in [-0.4, -0.2) is 37.5 Å². The third-order valence-corrected chi connectivity index (χ3v) is 3.92. The van der Waals surface area contributed by atoms with Gasteiger partial charge >= 0.3 is 0 Å². The molecule has 1 N–H and O–H groups in total. The van der Waals surface area contributed by atoms with E-state index in [0.717, 1.165) is 29.7 Å². The number of aromatic nitrogens is 5. The summed E-state index contributed by atoms with van der Waals surface area (Å²) in [5.41, 5.74) is 2.15. The average molecular weight is 383 g/mol. The Hall–Kier alpha value is -1.67. The number of nitrogens with one attached hydrogen (secondary N) is 1. The SMILES string of the molecule is [Cl-].[Cl-].c1ccc(-n2nnnc2SCCNCc2cccnc2)cc1. The Kier molecular flexibility index (Phi) is 9.33. The van der Waals surface area contributed by atoms with E-state index in [1.165, 1.54) is 5.56 Å². The lowest BCUT2D eigenvalue weighted by Gasteiger charge is -2.05. The van der Waals surface area contributed by atoms with Crippen LogP contribution in [0, 0.1) is 0 Å². The Morgan fingerprint density at radius 1 is 1.04 bits per heavy atom. The van der Waals surface area contributed by atoms with E-state index in [9.17, 15) is 0 Å². The van der Waals surface area contributed by atoms with Gasteiger partial charge in [0.1, 0.15) is 0 Å². The molecule has 0 radical (unpaired) electrons. The lowest BCUT2D eigenvalue weighted by molar-refractivity contribution is -0.00100. The summed E-state index contributed by atoms with van der Waals surface area (Å²) in [4.78, 5) is 4.09. The standard InChI is InChI=1S/C15H16N6S.2ClH/c1-2-6-14(7-3-1)21-15(18-19-20-21)22-10-9-17-12-13-5-4-8-16-11-13;;/h1-8,11,17H,9-10,12H2;2*1H/p-2. The van der Waals surface area contributed by atoms with Crippen molar-refractivity contribution >= 4 is 11.8 Å². The minimum atomic E-state index is 0. The minimum absolute atomic E-state index is 0. The highest BCUT2D eigenvalue weighted by atomic mass is 35.5. The van der Waals surface area contributed by atoms with Gasteiger partial charge in [0.05, 0.1) is 5.69 Å². The predicted octanol–water partition coefficient (Wildman–Crippen LogP) is -4.05. The quantitative estimate of drug-likeness (QED) is 0.331. The largest absolute Gasteiger partial charge is 1.00 e. The molecule has 24 heavy (non-hydrogen) atoms. The first-order valence-corrected chi connectivity index (χ1v) is 7.98. The van der Waals surface area contributed by atoms with Crippen molar-refractivity contribution in [3.05, 3.63) is 60.4 Å². The fourth-order valence-corrected chi connectivity index (χ4v) is 2.74. The monoisotopic (exact) mass is 382 g/mol. The molecule has 3 aromatic rings. The maximum atomic E-state index is 4.09. The summed E-state index contributed by atoms with van der Waals surface area (Å²) in [6.45, 7) is 1.69. The van der Waals surface area contributed by atoms with Crippen LogP contribution in [0.1, 0.15) is 5.56 Å². The number of pyridine rings is 1. The zero-order chi connectivity index (χ0) is 15.0. The lowest BCUT2D eigenvalue weighted by Crippen LogP contribution is -3.00. The summed E-state index contributed by atoms with van der Waals surface area (Å²) in [7, 11) is 0. The molecule has 0 amide bonds. The molecule has 2 aromatic heterocycles. The third-order valence-electron chi connectivity index (χ3n) is 3.00. The van der Waals surface area contributed by atoms with Gasteiger partial charge in [0.25, 0.3) is 0 Å². The molecule has 0 bridgehead atoms. The summed E-state index contributed by atoms with van der Waals surface area (Å²) in [5, 5.41) is 16.1. The summed E-state index contributed by atoms with van der Waals surface area (Å²) >= 11 is 1.63. The third kappa shape index (κ3) is 5.76. The number of tetrazole rings is 1. The maximum Gasteiger partial charge on any atom is 0.214 e. The lowest BCUT2D eigenvalue weighted by atomic mass is 10.3. The highest BCUT2D eigenvalue weighted by molar-refractivity contribution is 7.99. The number of halogens is 2. The highest BCUT2D eigenvalue weighted by Gasteiger charge is 2.07. The first-order valence-electron chi connectivity index (χ1n) is 7.00. The number of thioether (sulfide) groups is 1.